The van der Waals surface area contributed by atoms with Crippen molar-refractivity contribution in [3.63, 3.8) is 0 Å². The van der Waals surface area contributed by atoms with Gasteiger partial charge in [0.25, 0.3) is 0 Å². The average molecular weight is 468 g/mol. The van der Waals surface area contributed by atoms with Crippen molar-refractivity contribution < 1.29 is 9.90 Å². The summed E-state index contributed by atoms with van der Waals surface area (Å²) in [6.07, 6.45) is 17.6. The Morgan fingerprint density at radius 2 is 1.58 bits per heavy atom. The summed E-state index contributed by atoms with van der Waals surface area (Å²) in [7, 11) is 0. The Morgan fingerprint density at radius 3 is 2.18 bits per heavy atom. The molecule has 176 valence electrons. The molecule has 5 rings (SSSR count). The molecule has 0 bridgehead atoms. The maximum absolute atomic E-state index is 10.8. The van der Waals surface area contributed by atoms with E-state index in [1.165, 1.54) is 70.5 Å². The molecule has 3 N–H and O–H groups in total. The van der Waals surface area contributed by atoms with Crippen LogP contribution in [0, 0.1) is 0 Å². The number of hydrogen-bond acceptors (Lipinski definition) is 6. The first kappa shape index (κ1) is 23.7. The van der Waals surface area contributed by atoms with Crippen LogP contribution in [-0.4, -0.2) is 43.1 Å². The lowest BCUT2D eigenvalue weighted by atomic mass is 9.91. The third kappa shape index (κ3) is 7.01. The van der Waals surface area contributed by atoms with E-state index in [9.17, 15) is 4.79 Å². The van der Waals surface area contributed by atoms with Crippen LogP contribution in [0.4, 0.5) is 0 Å². The molecule has 1 aromatic carbocycles. The van der Waals surface area contributed by atoms with Gasteiger partial charge in [-0.25, -0.2) is 19.7 Å². The molecule has 2 heterocycles. The summed E-state index contributed by atoms with van der Waals surface area (Å²) >= 11 is 1.55. The van der Waals surface area contributed by atoms with Crippen molar-refractivity contribution in [3.05, 3.63) is 48.0 Å². The van der Waals surface area contributed by atoms with Gasteiger partial charge in [-0.1, -0.05) is 62.4 Å². The number of hydrogen-bond donors (Lipinski definition) is 3. The highest BCUT2D eigenvalue weighted by Gasteiger charge is 2.19. The zero-order valence-corrected chi connectivity index (χ0v) is 19.8. The summed E-state index contributed by atoms with van der Waals surface area (Å²) in [6, 6.07) is 8.56. The number of aromatic nitrogens is 4. The Hall–Kier alpha value is -2.45. The molecule has 0 radical (unpaired) electrons. The summed E-state index contributed by atoms with van der Waals surface area (Å²) in [5, 5.41) is 13.5. The summed E-state index contributed by atoms with van der Waals surface area (Å²) in [5.41, 5.74) is 2.78. The van der Waals surface area contributed by atoms with E-state index in [-0.39, 0.29) is 5.56 Å². The van der Waals surface area contributed by atoms with Crippen LogP contribution in [0.1, 0.15) is 80.1 Å². The molecule has 2 saturated carbocycles. The Balaban J connectivity index is 0.000000172. The SMILES string of the molecule is C1CCC(NC2CCCCC2)CC1.O=C(O)c1ccc(CSc2ncnc3nc[nH]c23)cc1. The van der Waals surface area contributed by atoms with Crippen LogP contribution in [0.25, 0.3) is 11.2 Å². The maximum atomic E-state index is 10.8. The predicted molar refractivity (Wildman–Crippen MR) is 132 cm³/mol. The molecule has 0 saturated heterocycles. The van der Waals surface area contributed by atoms with Gasteiger partial charge in [0, 0.05) is 17.8 Å². The fourth-order valence-corrected chi connectivity index (χ4v) is 5.53. The lowest BCUT2D eigenvalue weighted by Gasteiger charge is -2.30. The Kier molecular flexibility index (Phi) is 8.72. The van der Waals surface area contributed by atoms with Gasteiger partial charge in [-0.3, -0.25) is 0 Å². The second-order valence-corrected chi connectivity index (χ2v) is 9.87. The van der Waals surface area contributed by atoms with Gasteiger partial charge in [0.2, 0.25) is 0 Å². The first-order valence-electron chi connectivity index (χ1n) is 12.0. The fourth-order valence-electron chi connectivity index (χ4n) is 4.62. The zero-order valence-electron chi connectivity index (χ0n) is 19.0. The molecular weight excluding hydrogens is 434 g/mol. The van der Waals surface area contributed by atoms with Crippen LogP contribution in [0.5, 0.6) is 0 Å². The Bertz CT molecular complexity index is 995. The highest BCUT2D eigenvalue weighted by molar-refractivity contribution is 7.98. The summed E-state index contributed by atoms with van der Waals surface area (Å²) < 4.78 is 0. The third-order valence-electron chi connectivity index (χ3n) is 6.45. The van der Waals surface area contributed by atoms with Crippen molar-refractivity contribution >= 4 is 28.9 Å². The number of nitrogens with zero attached hydrogens (tertiary/aromatic N) is 3. The van der Waals surface area contributed by atoms with Crippen LogP contribution in [-0.2, 0) is 5.75 Å². The molecule has 2 fully saturated rings. The van der Waals surface area contributed by atoms with Crippen molar-refractivity contribution in [3.8, 4) is 0 Å². The smallest absolute Gasteiger partial charge is 0.335 e. The quantitative estimate of drug-likeness (QED) is 0.321. The molecule has 2 aliphatic rings. The van der Waals surface area contributed by atoms with Crippen LogP contribution in [0.15, 0.2) is 41.9 Å². The molecule has 33 heavy (non-hydrogen) atoms. The number of carboxylic acid groups (broad SMARTS) is 1. The minimum Gasteiger partial charge on any atom is -0.478 e. The van der Waals surface area contributed by atoms with E-state index in [2.05, 4.69) is 25.3 Å². The number of aromatic amines is 1. The van der Waals surface area contributed by atoms with Crippen LogP contribution in [0.3, 0.4) is 0 Å². The highest BCUT2D eigenvalue weighted by Crippen LogP contribution is 2.25. The number of thioether (sulfide) groups is 1. The molecule has 0 spiro atoms. The monoisotopic (exact) mass is 467 g/mol. The van der Waals surface area contributed by atoms with E-state index >= 15 is 0 Å². The molecule has 3 aromatic rings. The normalized spacial score (nSPS) is 17.5. The molecular formula is C25H33N5O2S. The van der Waals surface area contributed by atoms with Crippen LogP contribution >= 0.6 is 11.8 Å². The van der Waals surface area contributed by atoms with Gasteiger partial charge in [0.1, 0.15) is 16.9 Å². The van der Waals surface area contributed by atoms with E-state index in [1.807, 2.05) is 12.1 Å². The van der Waals surface area contributed by atoms with E-state index in [4.69, 9.17) is 5.11 Å². The largest absolute Gasteiger partial charge is 0.478 e. The van der Waals surface area contributed by atoms with E-state index in [0.717, 1.165) is 28.2 Å². The molecule has 0 atom stereocenters. The number of carboxylic acids is 1. The minimum atomic E-state index is -0.917. The Labute approximate surface area is 199 Å². The van der Waals surface area contributed by atoms with Gasteiger partial charge in [-0.2, -0.15) is 0 Å². The van der Waals surface area contributed by atoms with Crippen molar-refractivity contribution in [2.75, 3.05) is 0 Å². The third-order valence-corrected chi connectivity index (χ3v) is 7.51. The molecule has 8 heteroatoms. The number of nitrogens with one attached hydrogen (secondary N) is 2. The van der Waals surface area contributed by atoms with Crippen LogP contribution in [0.2, 0.25) is 0 Å². The average Bonchev–Trinajstić information content (AvgIpc) is 3.34. The summed E-state index contributed by atoms with van der Waals surface area (Å²) in [6.45, 7) is 0. The first-order valence-corrected chi connectivity index (χ1v) is 13.0. The Morgan fingerprint density at radius 1 is 0.939 bits per heavy atom. The number of aromatic carboxylic acids is 1. The predicted octanol–water partition coefficient (Wildman–Crippen LogP) is 5.58. The van der Waals surface area contributed by atoms with Crippen molar-refractivity contribution in [2.24, 2.45) is 0 Å². The van der Waals surface area contributed by atoms with Crippen molar-refractivity contribution in [2.45, 2.75) is 87.1 Å². The molecule has 0 aliphatic heterocycles. The van der Waals surface area contributed by atoms with Crippen molar-refractivity contribution in [1.82, 2.24) is 25.3 Å². The van der Waals surface area contributed by atoms with E-state index in [1.54, 1.807) is 30.2 Å². The molecule has 0 unspecified atom stereocenters. The molecule has 2 aromatic heterocycles. The number of fused-ring (bicyclic) bond motifs is 1. The van der Waals surface area contributed by atoms with Crippen molar-refractivity contribution in [1.29, 1.82) is 0 Å². The maximum Gasteiger partial charge on any atom is 0.335 e. The second kappa shape index (κ2) is 12.1. The number of H-pyrrole nitrogens is 1. The molecule has 0 amide bonds. The van der Waals surface area contributed by atoms with Gasteiger partial charge >= 0.3 is 5.97 Å². The lowest BCUT2D eigenvalue weighted by Crippen LogP contribution is -2.40. The van der Waals surface area contributed by atoms with Gasteiger partial charge in [0.05, 0.1) is 11.9 Å². The summed E-state index contributed by atoms with van der Waals surface area (Å²) in [4.78, 5) is 26.2. The topological polar surface area (TPSA) is 104 Å². The number of carbonyl (C=O) groups is 1. The first-order chi connectivity index (χ1) is 16.2. The van der Waals surface area contributed by atoms with Crippen LogP contribution < -0.4 is 5.32 Å². The standard InChI is InChI=1S/C13H10N4O2S.C12H23N/c18-13(19)9-3-1-8(2-4-9)5-20-12-10-11(15-6-14-10)16-7-17-12;1-3-7-11(8-4-1)13-12-9-5-2-6-10-12/h1-4,6-7H,5H2,(H,18,19)(H,14,15,16,17);11-13H,1-10H2. The van der Waals surface area contributed by atoms with Gasteiger partial charge in [-0.15, -0.1) is 0 Å². The van der Waals surface area contributed by atoms with Gasteiger partial charge in [0.15, 0.2) is 5.65 Å². The van der Waals surface area contributed by atoms with E-state index < -0.39 is 5.97 Å². The highest BCUT2D eigenvalue weighted by atomic mass is 32.2. The molecule has 7 nitrogen and oxygen atoms in total. The number of imidazole rings is 1. The van der Waals surface area contributed by atoms with Gasteiger partial charge in [-0.05, 0) is 43.4 Å². The number of benzene rings is 1. The number of rotatable bonds is 6. The van der Waals surface area contributed by atoms with E-state index in [0.29, 0.717) is 11.4 Å². The fraction of sp³-hybridized carbons (Fsp3) is 0.520. The second-order valence-electron chi connectivity index (χ2n) is 8.91. The zero-order chi connectivity index (χ0) is 22.9. The summed E-state index contributed by atoms with van der Waals surface area (Å²) in [5.74, 6) is -0.218. The minimum absolute atomic E-state index is 0.289. The van der Waals surface area contributed by atoms with Gasteiger partial charge < -0.3 is 15.4 Å². The lowest BCUT2D eigenvalue weighted by molar-refractivity contribution is 0.0697. The molecule has 2 aliphatic carbocycles.